The first-order valence-corrected chi connectivity index (χ1v) is 6.67. The van der Waals surface area contributed by atoms with Gasteiger partial charge in [-0.1, -0.05) is 11.6 Å². The maximum Gasteiger partial charge on any atom is 0.134 e. The van der Waals surface area contributed by atoms with Crippen molar-refractivity contribution in [3.63, 3.8) is 0 Å². The van der Waals surface area contributed by atoms with E-state index in [1.54, 1.807) is 18.5 Å². The molecule has 3 rings (SSSR count). The van der Waals surface area contributed by atoms with Crippen LogP contribution in [0.1, 0.15) is 28.8 Å². The summed E-state index contributed by atoms with van der Waals surface area (Å²) < 4.78 is 5.87. The van der Waals surface area contributed by atoms with Crippen molar-refractivity contribution in [2.45, 2.75) is 19.9 Å². The van der Waals surface area contributed by atoms with E-state index in [-0.39, 0.29) is 0 Å². The fourth-order valence-corrected chi connectivity index (χ4v) is 2.53. The molecule has 0 fully saturated rings. The summed E-state index contributed by atoms with van der Waals surface area (Å²) in [5.41, 5.74) is 9.58. The third kappa shape index (κ3) is 2.07. The lowest BCUT2D eigenvalue weighted by atomic mass is 10.0. The van der Waals surface area contributed by atoms with E-state index in [1.807, 2.05) is 26.0 Å². The highest BCUT2D eigenvalue weighted by atomic mass is 35.5. The second kappa shape index (κ2) is 4.89. The SMILES string of the molecule is Cc1nccnc1C(N)c1oc2ccc(Cl)cc2c1C. The molecular weight excluding hydrogens is 274 g/mol. The Morgan fingerprint density at radius 2 is 1.95 bits per heavy atom. The summed E-state index contributed by atoms with van der Waals surface area (Å²) in [5.74, 6) is 0.700. The highest BCUT2D eigenvalue weighted by Crippen LogP contribution is 2.32. The fraction of sp³-hybridized carbons (Fsp3) is 0.200. The summed E-state index contributed by atoms with van der Waals surface area (Å²) in [7, 11) is 0. The van der Waals surface area contributed by atoms with Gasteiger partial charge in [-0.3, -0.25) is 9.97 Å². The molecule has 0 radical (unpaired) electrons. The van der Waals surface area contributed by atoms with Gasteiger partial charge in [0.15, 0.2) is 0 Å². The maximum atomic E-state index is 6.29. The molecule has 0 saturated heterocycles. The van der Waals surface area contributed by atoms with Crippen molar-refractivity contribution in [2.24, 2.45) is 5.73 Å². The number of aromatic nitrogens is 2. The van der Waals surface area contributed by atoms with Gasteiger partial charge in [0.25, 0.3) is 0 Å². The minimum atomic E-state index is -0.435. The number of hydrogen-bond donors (Lipinski definition) is 1. The van der Waals surface area contributed by atoms with Crippen molar-refractivity contribution < 1.29 is 4.42 Å². The second-order valence-electron chi connectivity index (χ2n) is 4.74. The molecule has 0 aliphatic heterocycles. The van der Waals surface area contributed by atoms with Crippen LogP contribution in [0.25, 0.3) is 11.0 Å². The standard InChI is InChI=1S/C15H14ClN3O/c1-8-11-7-10(16)3-4-12(11)20-15(8)13(17)14-9(2)18-5-6-19-14/h3-7,13H,17H2,1-2H3. The highest BCUT2D eigenvalue weighted by molar-refractivity contribution is 6.31. The van der Waals surface area contributed by atoms with Crippen molar-refractivity contribution in [1.29, 1.82) is 0 Å². The van der Waals surface area contributed by atoms with Gasteiger partial charge in [0.2, 0.25) is 0 Å². The summed E-state index contributed by atoms with van der Waals surface area (Å²) in [6.45, 7) is 3.86. The van der Waals surface area contributed by atoms with E-state index < -0.39 is 6.04 Å². The van der Waals surface area contributed by atoms with Crippen LogP contribution in [0.3, 0.4) is 0 Å². The predicted molar refractivity (Wildman–Crippen MR) is 78.8 cm³/mol. The van der Waals surface area contributed by atoms with E-state index in [9.17, 15) is 0 Å². The average Bonchev–Trinajstić information content (AvgIpc) is 2.76. The van der Waals surface area contributed by atoms with Crippen LogP contribution in [0.2, 0.25) is 5.02 Å². The monoisotopic (exact) mass is 287 g/mol. The Balaban J connectivity index is 2.15. The molecule has 2 heterocycles. The van der Waals surface area contributed by atoms with Gasteiger partial charge in [0.1, 0.15) is 17.4 Å². The van der Waals surface area contributed by atoms with Crippen LogP contribution in [0, 0.1) is 13.8 Å². The van der Waals surface area contributed by atoms with E-state index in [1.165, 1.54) is 0 Å². The Hall–Kier alpha value is -1.91. The van der Waals surface area contributed by atoms with Crippen LogP contribution in [-0.4, -0.2) is 9.97 Å². The van der Waals surface area contributed by atoms with Crippen molar-refractivity contribution in [1.82, 2.24) is 9.97 Å². The molecule has 5 heteroatoms. The van der Waals surface area contributed by atoms with E-state index in [2.05, 4.69) is 9.97 Å². The van der Waals surface area contributed by atoms with E-state index in [4.69, 9.17) is 21.8 Å². The van der Waals surface area contributed by atoms with Crippen molar-refractivity contribution in [2.75, 3.05) is 0 Å². The molecule has 0 amide bonds. The Morgan fingerprint density at radius 3 is 2.70 bits per heavy atom. The van der Waals surface area contributed by atoms with Gasteiger partial charge in [-0.15, -0.1) is 0 Å². The molecule has 1 aromatic carbocycles. The van der Waals surface area contributed by atoms with Crippen LogP contribution in [-0.2, 0) is 0 Å². The third-order valence-electron chi connectivity index (χ3n) is 3.43. The number of fused-ring (bicyclic) bond motifs is 1. The van der Waals surface area contributed by atoms with Crippen LogP contribution in [0.4, 0.5) is 0 Å². The van der Waals surface area contributed by atoms with Gasteiger partial charge in [-0.25, -0.2) is 0 Å². The first-order chi connectivity index (χ1) is 9.58. The number of rotatable bonds is 2. The Bertz CT molecular complexity index is 782. The van der Waals surface area contributed by atoms with Gasteiger partial charge in [0.05, 0.1) is 11.4 Å². The number of halogens is 1. The molecule has 0 bridgehead atoms. The Morgan fingerprint density at radius 1 is 1.20 bits per heavy atom. The molecular formula is C15H14ClN3O. The van der Waals surface area contributed by atoms with E-state index in [0.29, 0.717) is 10.8 Å². The summed E-state index contributed by atoms with van der Waals surface area (Å²) in [4.78, 5) is 8.53. The smallest absolute Gasteiger partial charge is 0.134 e. The first kappa shape index (κ1) is 13.1. The van der Waals surface area contributed by atoms with Crippen LogP contribution >= 0.6 is 11.6 Å². The normalized spacial score (nSPS) is 12.8. The molecule has 0 aliphatic rings. The predicted octanol–water partition coefficient (Wildman–Crippen LogP) is 3.54. The van der Waals surface area contributed by atoms with Gasteiger partial charge in [-0.2, -0.15) is 0 Å². The molecule has 0 saturated carbocycles. The molecule has 2 aromatic heterocycles. The fourth-order valence-electron chi connectivity index (χ4n) is 2.36. The Kier molecular flexibility index (Phi) is 3.20. The zero-order valence-corrected chi connectivity index (χ0v) is 12.0. The number of hydrogen-bond acceptors (Lipinski definition) is 4. The van der Waals surface area contributed by atoms with Crippen molar-refractivity contribution in [3.05, 3.63) is 58.3 Å². The number of furan rings is 1. The zero-order chi connectivity index (χ0) is 14.3. The molecule has 102 valence electrons. The van der Waals surface area contributed by atoms with Gasteiger partial charge < -0.3 is 10.2 Å². The average molecular weight is 288 g/mol. The maximum absolute atomic E-state index is 6.29. The molecule has 1 atom stereocenters. The molecule has 0 aliphatic carbocycles. The van der Waals surface area contributed by atoms with Crippen LogP contribution in [0.5, 0.6) is 0 Å². The lowest BCUT2D eigenvalue weighted by molar-refractivity contribution is 0.515. The highest BCUT2D eigenvalue weighted by Gasteiger charge is 2.21. The lowest BCUT2D eigenvalue weighted by Crippen LogP contribution is -2.15. The molecule has 3 aromatic rings. The lowest BCUT2D eigenvalue weighted by Gasteiger charge is -2.11. The number of aryl methyl sites for hydroxylation is 2. The largest absolute Gasteiger partial charge is 0.459 e. The molecule has 1 unspecified atom stereocenters. The van der Waals surface area contributed by atoms with E-state index >= 15 is 0 Å². The van der Waals surface area contributed by atoms with Crippen molar-refractivity contribution in [3.8, 4) is 0 Å². The number of nitrogens with zero attached hydrogens (tertiary/aromatic N) is 2. The summed E-state index contributed by atoms with van der Waals surface area (Å²) >= 11 is 6.03. The second-order valence-corrected chi connectivity index (χ2v) is 5.17. The number of benzene rings is 1. The summed E-state index contributed by atoms with van der Waals surface area (Å²) in [6.07, 6.45) is 3.29. The first-order valence-electron chi connectivity index (χ1n) is 6.29. The van der Waals surface area contributed by atoms with Crippen molar-refractivity contribution >= 4 is 22.6 Å². The topological polar surface area (TPSA) is 64.9 Å². The molecule has 4 nitrogen and oxygen atoms in total. The minimum absolute atomic E-state index is 0.435. The van der Waals surface area contributed by atoms with Gasteiger partial charge >= 0.3 is 0 Å². The Labute approximate surface area is 121 Å². The van der Waals surface area contributed by atoms with E-state index in [0.717, 1.165) is 27.9 Å². The van der Waals surface area contributed by atoms with Crippen LogP contribution in [0.15, 0.2) is 35.0 Å². The molecule has 20 heavy (non-hydrogen) atoms. The molecule has 0 spiro atoms. The van der Waals surface area contributed by atoms with Gasteiger partial charge in [-0.05, 0) is 32.0 Å². The summed E-state index contributed by atoms with van der Waals surface area (Å²) in [5, 5.41) is 1.65. The summed E-state index contributed by atoms with van der Waals surface area (Å²) in [6, 6.07) is 5.10. The number of nitrogens with two attached hydrogens (primary N) is 1. The quantitative estimate of drug-likeness (QED) is 0.783. The zero-order valence-electron chi connectivity index (χ0n) is 11.2. The molecule has 2 N–H and O–H groups in total. The van der Waals surface area contributed by atoms with Gasteiger partial charge in [0, 0.05) is 28.4 Å². The minimum Gasteiger partial charge on any atom is -0.459 e. The van der Waals surface area contributed by atoms with Crippen LogP contribution < -0.4 is 5.73 Å². The third-order valence-corrected chi connectivity index (χ3v) is 3.67.